The second-order valence-electron chi connectivity index (χ2n) is 18.9. The van der Waals surface area contributed by atoms with E-state index in [1.54, 1.807) is 45.5 Å². The summed E-state index contributed by atoms with van der Waals surface area (Å²) in [5.74, 6) is -1.76. The van der Waals surface area contributed by atoms with Gasteiger partial charge in [0.2, 0.25) is 23.6 Å². The monoisotopic (exact) mass is 968 g/mol. The number of benzene rings is 4. The molecule has 8 rings (SSSR count). The standard InChI is InChI=1S/C27H32N4O5.C27H32N4O4/c1-30(20-11-13-21(36-2)14-12-20)24(33)22(17-19-9-5-3-6-10-19)28-23(32)18-31-25(34)27(29-26(31)35)15-7-4-8-16-27;1-19-11-13-21(14-12-19)30(2)24(33)22(17-20-9-5-3-6-10-20)28-23(32)18-31-25(34)27(29-26(31)35)15-7-4-8-16-27/h3,5-6,9-14,22H,4,7-8,15-18H2,1-2H3,(H,28,32)(H,29,35);3,5-6,9-14,22H,4,7-8,15-18H2,1-2H3,(H,28,32)(H,29,35)/t2*22-/m00/s1. The zero-order chi connectivity index (χ0) is 50.7. The average Bonchev–Trinajstić information content (AvgIpc) is 3.74. The summed E-state index contributed by atoms with van der Waals surface area (Å²) in [7, 11) is 4.87. The zero-order valence-corrected chi connectivity index (χ0v) is 40.9. The number of nitrogens with zero attached hydrogens (tertiary/aromatic N) is 4. The van der Waals surface area contributed by atoms with Crippen LogP contribution in [-0.4, -0.2) is 115 Å². The van der Waals surface area contributed by atoms with Gasteiger partial charge >= 0.3 is 12.1 Å². The first-order valence-corrected chi connectivity index (χ1v) is 24.3. The predicted molar refractivity (Wildman–Crippen MR) is 267 cm³/mol. The summed E-state index contributed by atoms with van der Waals surface area (Å²) < 4.78 is 5.19. The SMILES string of the molecule is COc1ccc(N(C)C(=O)[C@H](Cc2ccccc2)NC(=O)CN2C(=O)NC3(CCCCC3)C2=O)cc1.Cc1ccc(N(C)C(=O)[C@H](Cc2ccccc2)NC(=O)CN2C(=O)NC3(CCCCC3)C2=O)cc1. The van der Waals surface area contributed by atoms with Gasteiger partial charge < -0.3 is 35.8 Å². The van der Waals surface area contributed by atoms with Gasteiger partial charge in [-0.15, -0.1) is 0 Å². The fourth-order valence-electron chi connectivity index (χ4n) is 9.79. The summed E-state index contributed by atoms with van der Waals surface area (Å²) in [5.41, 5.74) is 2.40. The first-order valence-electron chi connectivity index (χ1n) is 24.3. The lowest BCUT2D eigenvalue weighted by Crippen LogP contribution is -2.52. The van der Waals surface area contributed by atoms with E-state index in [4.69, 9.17) is 4.74 Å². The van der Waals surface area contributed by atoms with Crippen molar-refractivity contribution in [3.8, 4) is 5.75 Å². The molecule has 374 valence electrons. The number of carbonyl (C=O) groups excluding carboxylic acids is 8. The molecule has 2 aliphatic heterocycles. The molecule has 0 aromatic heterocycles. The van der Waals surface area contributed by atoms with Gasteiger partial charge in [-0.05, 0) is 80.1 Å². The highest BCUT2D eigenvalue weighted by atomic mass is 16.5. The van der Waals surface area contributed by atoms with Crippen molar-refractivity contribution in [1.82, 2.24) is 31.1 Å². The first kappa shape index (κ1) is 51.3. The lowest BCUT2D eigenvalue weighted by molar-refractivity contribution is -0.136. The van der Waals surface area contributed by atoms with E-state index >= 15 is 0 Å². The second-order valence-corrected chi connectivity index (χ2v) is 18.9. The maximum atomic E-state index is 13.5. The van der Waals surface area contributed by atoms with Crippen LogP contribution in [0.3, 0.4) is 0 Å². The summed E-state index contributed by atoms with van der Waals surface area (Å²) in [6.45, 7) is 1.12. The van der Waals surface area contributed by atoms with Crippen LogP contribution in [0.5, 0.6) is 5.75 Å². The molecule has 4 N–H and O–H groups in total. The molecular weight excluding hydrogens is 905 g/mol. The summed E-state index contributed by atoms with van der Waals surface area (Å²) in [6, 6.07) is 30.5. The lowest BCUT2D eigenvalue weighted by Gasteiger charge is -2.30. The molecule has 0 radical (unpaired) electrons. The van der Waals surface area contributed by atoms with Crippen molar-refractivity contribution in [1.29, 1.82) is 0 Å². The molecule has 17 nitrogen and oxygen atoms in total. The van der Waals surface area contributed by atoms with Gasteiger partial charge in [0, 0.05) is 38.3 Å². The largest absolute Gasteiger partial charge is 0.497 e. The van der Waals surface area contributed by atoms with E-state index in [9.17, 15) is 38.4 Å². The minimum absolute atomic E-state index is 0.260. The third kappa shape index (κ3) is 12.3. The van der Waals surface area contributed by atoms with Crippen molar-refractivity contribution in [2.45, 2.75) is 107 Å². The Morgan fingerprint density at radius 1 is 0.563 bits per heavy atom. The summed E-state index contributed by atoms with van der Waals surface area (Å²) in [4.78, 5) is 109. The normalized spacial score (nSPS) is 17.6. The molecule has 2 spiro atoms. The number of anilines is 2. The maximum Gasteiger partial charge on any atom is 0.325 e. The maximum absolute atomic E-state index is 13.5. The third-order valence-corrected chi connectivity index (χ3v) is 13.9. The van der Waals surface area contributed by atoms with Crippen molar-refractivity contribution in [3.63, 3.8) is 0 Å². The number of hydrogen-bond acceptors (Lipinski definition) is 9. The summed E-state index contributed by atoms with van der Waals surface area (Å²) in [6.07, 6.45) is 8.39. The van der Waals surface area contributed by atoms with Crippen LogP contribution in [0.1, 0.15) is 80.9 Å². The molecule has 2 atom stereocenters. The van der Waals surface area contributed by atoms with Crippen molar-refractivity contribution < 1.29 is 43.1 Å². The van der Waals surface area contributed by atoms with Crippen LogP contribution in [0.2, 0.25) is 0 Å². The number of imide groups is 2. The highest BCUT2D eigenvalue weighted by Crippen LogP contribution is 2.35. The number of methoxy groups -OCH3 is 1. The molecule has 0 bridgehead atoms. The van der Waals surface area contributed by atoms with E-state index in [0.29, 0.717) is 42.8 Å². The predicted octanol–water partition coefficient (Wildman–Crippen LogP) is 5.58. The molecule has 0 unspecified atom stereocenters. The number of hydrogen-bond donors (Lipinski definition) is 4. The van der Waals surface area contributed by atoms with Crippen LogP contribution in [0.4, 0.5) is 21.0 Å². The number of urea groups is 2. The molecule has 17 heteroatoms. The number of carbonyl (C=O) groups is 8. The van der Waals surface area contributed by atoms with E-state index in [0.717, 1.165) is 65.0 Å². The molecule has 4 aromatic carbocycles. The Kier molecular flexibility index (Phi) is 16.5. The fourth-order valence-corrected chi connectivity index (χ4v) is 9.79. The molecule has 4 aliphatic rings. The number of ether oxygens (including phenoxy) is 1. The van der Waals surface area contributed by atoms with Gasteiger partial charge in [0.25, 0.3) is 11.8 Å². The molecule has 4 fully saturated rings. The molecule has 2 heterocycles. The number of likely N-dealkylation sites (N-methyl/N-ethyl adjacent to an activating group) is 2. The average molecular weight is 969 g/mol. The van der Waals surface area contributed by atoms with Crippen LogP contribution in [0, 0.1) is 6.92 Å². The molecule has 4 aromatic rings. The molecule has 2 saturated carbocycles. The highest BCUT2D eigenvalue weighted by Gasteiger charge is 2.53. The first-order chi connectivity index (χ1) is 34.1. The topological polar surface area (TPSA) is 207 Å². The lowest BCUT2D eigenvalue weighted by atomic mass is 9.82. The Labute approximate surface area is 414 Å². The van der Waals surface area contributed by atoms with Crippen LogP contribution >= 0.6 is 0 Å². The molecule has 2 saturated heterocycles. The van der Waals surface area contributed by atoms with E-state index in [2.05, 4.69) is 21.3 Å². The van der Waals surface area contributed by atoms with Crippen molar-refractivity contribution in [3.05, 3.63) is 126 Å². The van der Waals surface area contributed by atoms with Gasteiger partial charge in [0.05, 0.1) is 7.11 Å². The number of nitrogens with one attached hydrogen (secondary N) is 4. The quantitative estimate of drug-likeness (QED) is 0.110. The van der Waals surface area contributed by atoms with Gasteiger partial charge in [-0.3, -0.25) is 38.6 Å². The van der Waals surface area contributed by atoms with Gasteiger partial charge in [-0.25, -0.2) is 9.59 Å². The Morgan fingerprint density at radius 2 is 0.930 bits per heavy atom. The van der Waals surface area contributed by atoms with Crippen molar-refractivity contribution in [2.75, 3.05) is 44.1 Å². The van der Waals surface area contributed by atoms with E-state index < -0.39 is 60.1 Å². The zero-order valence-electron chi connectivity index (χ0n) is 40.9. The minimum Gasteiger partial charge on any atom is -0.497 e. The smallest absolute Gasteiger partial charge is 0.325 e. The van der Waals surface area contributed by atoms with Gasteiger partial charge in [-0.2, -0.15) is 0 Å². The Balaban J connectivity index is 0.000000209. The Hall–Kier alpha value is -7.56. The van der Waals surface area contributed by atoms with Gasteiger partial charge in [-0.1, -0.05) is 117 Å². The molecule has 10 amide bonds. The molecular formula is C54H64N8O9. The van der Waals surface area contributed by atoms with Crippen LogP contribution in [0.25, 0.3) is 0 Å². The van der Waals surface area contributed by atoms with Gasteiger partial charge in [0.1, 0.15) is 42.0 Å². The highest BCUT2D eigenvalue weighted by molar-refractivity contribution is 6.10. The minimum atomic E-state index is -0.899. The summed E-state index contributed by atoms with van der Waals surface area (Å²) in [5, 5.41) is 11.2. The van der Waals surface area contributed by atoms with E-state index in [1.807, 2.05) is 91.9 Å². The van der Waals surface area contributed by atoms with E-state index in [-0.39, 0.29) is 36.5 Å². The molecule has 71 heavy (non-hydrogen) atoms. The number of amides is 10. The summed E-state index contributed by atoms with van der Waals surface area (Å²) >= 11 is 0. The van der Waals surface area contributed by atoms with Crippen molar-refractivity contribution in [2.24, 2.45) is 0 Å². The van der Waals surface area contributed by atoms with Crippen LogP contribution in [0.15, 0.2) is 109 Å². The van der Waals surface area contributed by atoms with Gasteiger partial charge in [0.15, 0.2) is 0 Å². The Morgan fingerprint density at radius 3 is 1.30 bits per heavy atom. The van der Waals surface area contributed by atoms with Crippen molar-refractivity contribution >= 4 is 58.9 Å². The molecule has 2 aliphatic carbocycles. The Bertz CT molecular complexity index is 2560. The number of aryl methyl sites for hydroxylation is 1. The third-order valence-electron chi connectivity index (χ3n) is 13.9. The second kappa shape index (κ2) is 22.9. The van der Waals surface area contributed by atoms with Crippen LogP contribution in [-0.2, 0) is 41.6 Å². The fraction of sp³-hybridized carbons (Fsp3) is 0.407. The number of rotatable bonds is 15. The van der Waals surface area contributed by atoms with Crippen LogP contribution < -0.4 is 35.8 Å². The van der Waals surface area contributed by atoms with E-state index in [1.165, 1.54) is 9.80 Å².